The summed E-state index contributed by atoms with van der Waals surface area (Å²) in [6.45, 7) is 0.312. The number of methoxy groups -OCH3 is 1. The van der Waals surface area contributed by atoms with Crippen LogP contribution in [0.2, 0.25) is 0 Å². The minimum Gasteiger partial charge on any atom is -0.496 e. The normalized spacial score (nSPS) is 11.2. The highest BCUT2D eigenvalue weighted by atomic mass is 32.1. The molecule has 5 aromatic rings. The van der Waals surface area contributed by atoms with Gasteiger partial charge >= 0.3 is 0 Å². The largest absolute Gasteiger partial charge is 0.496 e. The van der Waals surface area contributed by atoms with Gasteiger partial charge in [0.25, 0.3) is 5.56 Å². The highest BCUT2D eigenvalue weighted by Gasteiger charge is 2.15. The van der Waals surface area contributed by atoms with E-state index in [0.717, 1.165) is 33.1 Å². The minimum absolute atomic E-state index is 0.141. The van der Waals surface area contributed by atoms with Crippen molar-refractivity contribution in [1.82, 2.24) is 14.5 Å². The number of ether oxygens (including phenoxy) is 1. The van der Waals surface area contributed by atoms with E-state index in [9.17, 15) is 9.18 Å². The van der Waals surface area contributed by atoms with Gasteiger partial charge in [-0.15, -0.1) is 22.7 Å². The van der Waals surface area contributed by atoms with Crippen molar-refractivity contribution in [2.45, 2.75) is 6.54 Å². The maximum absolute atomic E-state index is 13.3. The average Bonchev–Trinajstić information content (AvgIpc) is 3.44. The SMILES string of the molecule is COc1ccccc1-c1nc(Cn2cnc3scc(-c4ccc(F)cc4)c3c2=O)cs1. The molecule has 3 aromatic heterocycles. The van der Waals surface area contributed by atoms with Crippen LogP contribution >= 0.6 is 22.7 Å². The molecule has 2 aromatic carbocycles. The lowest BCUT2D eigenvalue weighted by molar-refractivity contribution is 0.416. The Morgan fingerprint density at radius 2 is 1.84 bits per heavy atom. The Balaban J connectivity index is 1.51. The number of nitrogens with zero attached hydrogens (tertiary/aromatic N) is 3. The number of hydrogen-bond acceptors (Lipinski definition) is 6. The lowest BCUT2D eigenvalue weighted by atomic mass is 10.1. The van der Waals surface area contributed by atoms with E-state index in [4.69, 9.17) is 9.72 Å². The Kier molecular flexibility index (Phi) is 5.09. The van der Waals surface area contributed by atoms with Crippen LogP contribution < -0.4 is 10.3 Å². The van der Waals surface area contributed by atoms with Gasteiger partial charge in [0.05, 0.1) is 36.6 Å². The Hall–Kier alpha value is -3.36. The number of rotatable bonds is 5. The molecule has 3 heterocycles. The van der Waals surface area contributed by atoms with Crippen LogP contribution in [0.5, 0.6) is 5.75 Å². The van der Waals surface area contributed by atoms with Gasteiger partial charge in [-0.1, -0.05) is 24.3 Å². The second-order valence-corrected chi connectivity index (χ2v) is 8.57. The average molecular weight is 450 g/mol. The van der Waals surface area contributed by atoms with E-state index in [1.807, 2.05) is 35.0 Å². The Morgan fingerprint density at radius 1 is 1.03 bits per heavy atom. The maximum atomic E-state index is 13.3. The number of halogens is 1. The van der Waals surface area contributed by atoms with Gasteiger partial charge in [0.1, 0.15) is 21.4 Å². The molecule has 0 aliphatic heterocycles. The fourth-order valence-electron chi connectivity index (χ4n) is 3.42. The molecule has 8 heteroatoms. The summed E-state index contributed by atoms with van der Waals surface area (Å²) in [7, 11) is 1.63. The molecule has 0 spiro atoms. The maximum Gasteiger partial charge on any atom is 0.263 e. The summed E-state index contributed by atoms with van der Waals surface area (Å²) in [6, 6.07) is 13.8. The van der Waals surface area contributed by atoms with Crippen LogP contribution in [0.1, 0.15) is 5.69 Å². The van der Waals surface area contributed by atoms with Gasteiger partial charge in [-0.05, 0) is 29.8 Å². The topological polar surface area (TPSA) is 57.0 Å². The van der Waals surface area contributed by atoms with Gasteiger partial charge in [0, 0.05) is 16.3 Å². The molecule has 0 unspecified atom stereocenters. The number of hydrogen-bond donors (Lipinski definition) is 0. The highest BCUT2D eigenvalue weighted by Crippen LogP contribution is 2.33. The summed E-state index contributed by atoms with van der Waals surface area (Å²) in [6.07, 6.45) is 1.55. The first kappa shape index (κ1) is 19.6. The van der Waals surface area contributed by atoms with Crippen molar-refractivity contribution in [3.8, 4) is 27.4 Å². The summed E-state index contributed by atoms with van der Waals surface area (Å²) in [4.78, 5) is 23.1. The van der Waals surface area contributed by atoms with E-state index < -0.39 is 0 Å². The fraction of sp³-hybridized carbons (Fsp3) is 0.0870. The lowest BCUT2D eigenvalue weighted by Gasteiger charge is -2.06. The van der Waals surface area contributed by atoms with E-state index in [-0.39, 0.29) is 11.4 Å². The van der Waals surface area contributed by atoms with E-state index in [2.05, 4.69) is 4.98 Å². The molecule has 5 rings (SSSR count). The second kappa shape index (κ2) is 8.05. The number of aromatic nitrogens is 3. The molecule has 0 bridgehead atoms. The Labute approximate surface area is 185 Å². The molecule has 5 nitrogen and oxygen atoms in total. The van der Waals surface area contributed by atoms with Crippen molar-refractivity contribution in [1.29, 1.82) is 0 Å². The minimum atomic E-state index is -0.312. The smallest absolute Gasteiger partial charge is 0.263 e. The van der Waals surface area contributed by atoms with Gasteiger partial charge in [-0.25, -0.2) is 14.4 Å². The monoisotopic (exact) mass is 449 g/mol. The van der Waals surface area contributed by atoms with Crippen LogP contribution in [0.15, 0.2) is 70.4 Å². The van der Waals surface area contributed by atoms with Crippen molar-refractivity contribution in [3.05, 3.63) is 87.5 Å². The molecule has 0 aliphatic rings. The van der Waals surface area contributed by atoms with Gasteiger partial charge in [-0.2, -0.15) is 0 Å². The third-order valence-corrected chi connectivity index (χ3v) is 6.75. The first-order valence-corrected chi connectivity index (χ1v) is 11.2. The molecular weight excluding hydrogens is 433 g/mol. The quantitative estimate of drug-likeness (QED) is 0.358. The third kappa shape index (κ3) is 3.64. The van der Waals surface area contributed by atoms with E-state index in [1.54, 1.807) is 30.1 Å². The molecule has 0 radical (unpaired) electrons. The number of benzene rings is 2. The predicted octanol–water partition coefficient (Wildman–Crippen LogP) is 5.44. The molecule has 0 atom stereocenters. The lowest BCUT2D eigenvalue weighted by Crippen LogP contribution is -2.21. The number of thiazole rings is 1. The molecule has 0 amide bonds. The molecule has 0 N–H and O–H groups in total. The number of thiophene rings is 1. The van der Waals surface area contributed by atoms with Gasteiger partial charge < -0.3 is 4.74 Å². The Morgan fingerprint density at radius 3 is 2.65 bits per heavy atom. The zero-order chi connectivity index (χ0) is 21.4. The zero-order valence-corrected chi connectivity index (χ0v) is 18.0. The molecule has 0 fully saturated rings. The van der Waals surface area contributed by atoms with Crippen LogP contribution in [0.4, 0.5) is 4.39 Å². The third-order valence-electron chi connectivity index (χ3n) is 4.94. The highest BCUT2D eigenvalue weighted by molar-refractivity contribution is 7.17. The van der Waals surface area contributed by atoms with Crippen LogP contribution in [0, 0.1) is 5.82 Å². The molecule has 0 saturated heterocycles. The fourth-order valence-corrected chi connectivity index (χ4v) is 5.17. The van der Waals surface area contributed by atoms with Crippen molar-refractivity contribution < 1.29 is 9.13 Å². The van der Waals surface area contributed by atoms with Crippen molar-refractivity contribution in [2.24, 2.45) is 0 Å². The molecule has 0 saturated carbocycles. The van der Waals surface area contributed by atoms with Crippen molar-refractivity contribution in [2.75, 3.05) is 7.11 Å². The van der Waals surface area contributed by atoms with Crippen molar-refractivity contribution >= 4 is 32.9 Å². The van der Waals surface area contributed by atoms with E-state index >= 15 is 0 Å². The second-order valence-electron chi connectivity index (χ2n) is 6.86. The summed E-state index contributed by atoms with van der Waals surface area (Å²) >= 11 is 2.91. The van der Waals surface area contributed by atoms with Gasteiger partial charge in [0.15, 0.2) is 0 Å². The van der Waals surface area contributed by atoms with Crippen LogP contribution in [0.25, 0.3) is 31.9 Å². The number of para-hydroxylation sites is 1. The molecule has 31 heavy (non-hydrogen) atoms. The van der Waals surface area contributed by atoms with Gasteiger partial charge in [0.2, 0.25) is 0 Å². The summed E-state index contributed by atoms with van der Waals surface area (Å²) < 4.78 is 20.3. The van der Waals surface area contributed by atoms with E-state index in [0.29, 0.717) is 16.8 Å². The first-order chi connectivity index (χ1) is 15.1. The zero-order valence-electron chi connectivity index (χ0n) is 16.4. The van der Waals surface area contributed by atoms with Gasteiger partial charge in [-0.3, -0.25) is 9.36 Å². The summed E-state index contributed by atoms with van der Waals surface area (Å²) in [5.41, 5.74) is 3.10. The summed E-state index contributed by atoms with van der Waals surface area (Å²) in [5.74, 6) is 0.444. The predicted molar refractivity (Wildman–Crippen MR) is 122 cm³/mol. The molecule has 154 valence electrons. The van der Waals surface area contributed by atoms with Crippen LogP contribution in [-0.4, -0.2) is 21.6 Å². The van der Waals surface area contributed by atoms with Crippen molar-refractivity contribution in [3.63, 3.8) is 0 Å². The standard InChI is InChI=1S/C23H16FN3O2S2/c1-29-19-5-3-2-4-17(19)21-26-16(11-30-21)10-27-13-25-22-20(23(27)28)18(12-31-22)14-6-8-15(24)9-7-14/h2-9,11-13H,10H2,1H3. The summed E-state index contributed by atoms with van der Waals surface area (Å²) in [5, 5.41) is 5.20. The first-order valence-electron chi connectivity index (χ1n) is 9.44. The Bertz CT molecular complexity index is 1440. The van der Waals surface area contributed by atoms with Crippen LogP contribution in [-0.2, 0) is 6.54 Å². The van der Waals surface area contributed by atoms with Crippen LogP contribution in [0.3, 0.4) is 0 Å². The van der Waals surface area contributed by atoms with E-state index in [1.165, 1.54) is 34.8 Å². The number of fused-ring (bicyclic) bond motifs is 1. The molecule has 0 aliphatic carbocycles. The molecular formula is C23H16FN3O2S2.